The lowest BCUT2D eigenvalue weighted by molar-refractivity contribution is 0.180. The van der Waals surface area contributed by atoms with Crippen molar-refractivity contribution in [2.75, 3.05) is 6.61 Å². The Kier molecular flexibility index (Phi) is 9.73. The summed E-state index contributed by atoms with van der Waals surface area (Å²) >= 11 is 5.17. The fraction of sp³-hybridized carbons (Fsp3) is 1.00. The molecule has 0 N–H and O–H groups in total. The van der Waals surface area contributed by atoms with Crippen LogP contribution in [0.25, 0.3) is 0 Å². The molecule has 0 aromatic carbocycles. The van der Waals surface area contributed by atoms with Crippen LogP contribution in [0.3, 0.4) is 0 Å². The zero-order valence-electron chi connectivity index (χ0n) is 11.2. The third kappa shape index (κ3) is 10.9. The molecule has 0 radical (unpaired) electrons. The molecular weight excluding hydrogens is 239 g/mol. The standard InChI is InChI=1S/C12H26O2PS/c1-10(2)7-6-8-13-15(16)14-12(5)9-11(3)4/h10-12H,6-9H2,1-5H3/q+1. The molecule has 0 saturated heterocycles. The Hall–Kier alpha value is 0.440. The van der Waals surface area contributed by atoms with Crippen molar-refractivity contribution in [3.8, 4) is 0 Å². The molecule has 0 aliphatic carbocycles. The van der Waals surface area contributed by atoms with Crippen LogP contribution in [0.2, 0.25) is 0 Å². The molecule has 96 valence electrons. The van der Waals surface area contributed by atoms with Crippen molar-refractivity contribution < 1.29 is 9.05 Å². The Morgan fingerprint density at radius 1 is 1.06 bits per heavy atom. The average molecular weight is 265 g/mol. The van der Waals surface area contributed by atoms with Gasteiger partial charge in [0.2, 0.25) is 11.8 Å². The van der Waals surface area contributed by atoms with Crippen LogP contribution in [0.4, 0.5) is 0 Å². The van der Waals surface area contributed by atoms with E-state index in [4.69, 9.17) is 20.9 Å². The monoisotopic (exact) mass is 265 g/mol. The van der Waals surface area contributed by atoms with Crippen molar-refractivity contribution in [2.45, 2.75) is 60.0 Å². The van der Waals surface area contributed by atoms with Gasteiger partial charge in [-0.1, -0.05) is 27.7 Å². The van der Waals surface area contributed by atoms with E-state index in [1.54, 1.807) is 0 Å². The van der Waals surface area contributed by atoms with Gasteiger partial charge in [0.1, 0.15) is 12.7 Å². The smallest absolute Gasteiger partial charge is 0.142 e. The molecule has 2 atom stereocenters. The van der Waals surface area contributed by atoms with Crippen molar-refractivity contribution in [1.82, 2.24) is 0 Å². The fourth-order valence-electron chi connectivity index (χ4n) is 1.51. The van der Waals surface area contributed by atoms with Crippen LogP contribution in [-0.4, -0.2) is 12.7 Å². The van der Waals surface area contributed by atoms with Crippen LogP contribution in [-0.2, 0) is 20.9 Å². The van der Waals surface area contributed by atoms with Crippen LogP contribution in [0.5, 0.6) is 0 Å². The zero-order valence-corrected chi connectivity index (χ0v) is 12.9. The predicted molar refractivity (Wildman–Crippen MR) is 74.3 cm³/mol. The largest absolute Gasteiger partial charge is 0.521 e. The van der Waals surface area contributed by atoms with Gasteiger partial charge in [-0.25, -0.2) is 0 Å². The third-order valence-electron chi connectivity index (χ3n) is 2.19. The molecule has 0 heterocycles. The minimum atomic E-state index is -1.10. The lowest BCUT2D eigenvalue weighted by atomic mass is 10.1. The first kappa shape index (κ1) is 16.4. The highest BCUT2D eigenvalue weighted by Gasteiger charge is 2.19. The van der Waals surface area contributed by atoms with E-state index < -0.39 is 7.15 Å². The van der Waals surface area contributed by atoms with E-state index in [0.717, 1.165) is 25.4 Å². The molecule has 0 aliphatic rings. The Morgan fingerprint density at radius 3 is 2.19 bits per heavy atom. The van der Waals surface area contributed by atoms with Gasteiger partial charge in [0, 0.05) is 0 Å². The summed E-state index contributed by atoms with van der Waals surface area (Å²) in [6, 6.07) is 0. The van der Waals surface area contributed by atoms with E-state index in [9.17, 15) is 0 Å². The molecule has 2 nitrogen and oxygen atoms in total. The number of hydrogen-bond acceptors (Lipinski definition) is 3. The normalized spacial score (nSPS) is 14.6. The van der Waals surface area contributed by atoms with Gasteiger partial charge in [0.15, 0.2) is 0 Å². The van der Waals surface area contributed by atoms with E-state index in [2.05, 4.69) is 34.6 Å². The third-order valence-corrected chi connectivity index (χ3v) is 3.69. The maximum atomic E-state index is 5.63. The second-order valence-corrected chi connectivity index (χ2v) is 6.95. The maximum absolute atomic E-state index is 5.63. The van der Waals surface area contributed by atoms with E-state index in [1.165, 1.54) is 6.42 Å². The average Bonchev–Trinajstić information content (AvgIpc) is 2.10. The number of hydrogen-bond donors (Lipinski definition) is 0. The summed E-state index contributed by atoms with van der Waals surface area (Å²) < 4.78 is 11.1. The van der Waals surface area contributed by atoms with Gasteiger partial charge in [-0.2, -0.15) is 0 Å². The summed E-state index contributed by atoms with van der Waals surface area (Å²) in [7, 11) is -1.10. The topological polar surface area (TPSA) is 18.5 Å². The summed E-state index contributed by atoms with van der Waals surface area (Å²) in [6.45, 7) is 11.6. The Labute approximate surface area is 107 Å². The van der Waals surface area contributed by atoms with Crippen LogP contribution >= 0.6 is 7.15 Å². The minimum absolute atomic E-state index is 0.216. The number of rotatable bonds is 9. The summed E-state index contributed by atoms with van der Waals surface area (Å²) in [5.41, 5.74) is 0. The molecule has 16 heavy (non-hydrogen) atoms. The van der Waals surface area contributed by atoms with Crippen LogP contribution in [0, 0.1) is 11.8 Å². The molecular formula is C12H26O2PS+. The lowest BCUT2D eigenvalue weighted by Gasteiger charge is -2.07. The minimum Gasteiger partial charge on any atom is -0.142 e. The second-order valence-electron chi connectivity index (χ2n) is 5.14. The maximum Gasteiger partial charge on any atom is 0.521 e. The van der Waals surface area contributed by atoms with Crippen molar-refractivity contribution in [3.63, 3.8) is 0 Å². The molecule has 0 aliphatic heterocycles. The molecule has 4 heteroatoms. The molecule has 0 aromatic heterocycles. The first-order chi connectivity index (χ1) is 7.41. The van der Waals surface area contributed by atoms with Crippen LogP contribution in [0.1, 0.15) is 53.9 Å². The molecule has 0 bridgehead atoms. The highest BCUT2D eigenvalue weighted by Crippen LogP contribution is 2.28. The van der Waals surface area contributed by atoms with Crippen molar-refractivity contribution in [1.29, 1.82) is 0 Å². The van der Waals surface area contributed by atoms with Crippen molar-refractivity contribution >= 4 is 19.0 Å². The summed E-state index contributed by atoms with van der Waals surface area (Å²) in [5.74, 6) is 1.38. The molecule has 2 unspecified atom stereocenters. The Morgan fingerprint density at radius 2 is 1.69 bits per heavy atom. The second kappa shape index (κ2) is 9.47. The highest BCUT2D eigenvalue weighted by atomic mass is 32.4. The fourth-order valence-corrected chi connectivity index (χ4v) is 2.90. The molecule has 0 aromatic rings. The Bertz CT molecular complexity index is 195. The molecule has 0 spiro atoms. The van der Waals surface area contributed by atoms with Gasteiger partial charge in [0.25, 0.3) is 0 Å². The quantitative estimate of drug-likeness (QED) is 0.446. The predicted octanol–water partition coefficient (Wildman–Crippen LogP) is 4.66. The van der Waals surface area contributed by atoms with E-state index in [0.29, 0.717) is 5.92 Å². The lowest BCUT2D eigenvalue weighted by Crippen LogP contribution is -2.07. The highest BCUT2D eigenvalue weighted by molar-refractivity contribution is 8.00. The summed E-state index contributed by atoms with van der Waals surface area (Å²) in [5, 5.41) is 0. The van der Waals surface area contributed by atoms with Crippen molar-refractivity contribution in [2.24, 2.45) is 11.8 Å². The van der Waals surface area contributed by atoms with E-state index in [1.807, 2.05) is 0 Å². The molecule has 0 fully saturated rings. The van der Waals surface area contributed by atoms with Gasteiger partial charge in [-0.15, -0.1) is 9.05 Å². The van der Waals surface area contributed by atoms with E-state index >= 15 is 0 Å². The van der Waals surface area contributed by atoms with Crippen LogP contribution < -0.4 is 0 Å². The molecule has 0 saturated carbocycles. The molecule has 0 amide bonds. The first-order valence-corrected chi connectivity index (χ1v) is 8.37. The van der Waals surface area contributed by atoms with Crippen molar-refractivity contribution in [3.05, 3.63) is 0 Å². The van der Waals surface area contributed by atoms with E-state index in [-0.39, 0.29) is 6.10 Å². The first-order valence-electron chi connectivity index (χ1n) is 6.18. The van der Waals surface area contributed by atoms with Gasteiger partial charge in [-0.05, 0) is 38.0 Å². The molecule has 0 rings (SSSR count). The van der Waals surface area contributed by atoms with Gasteiger partial charge >= 0.3 is 7.15 Å². The Balaban J connectivity index is 3.51. The van der Waals surface area contributed by atoms with Gasteiger partial charge in [-0.3, -0.25) is 0 Å². The van der Waals surface area contributed by atoms with Gasteiger partial charge < -0.3 is 0 Å². The summed E-state index contributed by atoms with van der Waals surface area (Å²) in [6.07, 6.45) is 3.54. The van der Waals surface area contributed by atoms with Gasteiger partial charge in [0.05, 0.1) is 0 Å². The summed E-state index contributed by atoms with van der Waals surface area (Å²) in [4.78, 5) is 0. The van der Waals surface area contributed by atoms with Crippen LogP contribution in [0.15, 0.2) is 0 Å². The SMILES string of the molecule is CC(C)CCCO[P+](=S)OC(C)CC(C)C. The zero-order chi connectivity index (χ0) is 12.6.